The quantitative estimate of drug-likeness (QED) is 0.851. The lowest BCUT2D eigenvalue weighted by molar-refractivity contribution is -0.152. The summed E-state index contributed by atoms with van der Waals surface area (Å²) in [5, 5.41) is 3.60. The molecule has 0 aromatic carbocycles. The zero-order valence-electron chi connectivity index (χ0n) is 11.6. The van der Waals surface area contributed by atoms with Crippen molar-refractivity contribution in [2.24, 2.45) is 5.92 Å². The van der Waals surface area contributed by atoms with Gasteiger partial charge < -0.3 is 10.2 Å². The summed E-state index contributed by atoms with van der Waals surface area (Å²) in [4.78, 5) is 26.6. The molecule has 5 heteroatoms. The highest BCUT2D eigenvalue weighted by Gasteiger charge is 2.54. The van der Waals surface area contributed by atoms with Crippen LogP contribution >= 0.6 is 11.8 Å². The molecule has 106 valence electrons. The molecule has 3 unspecified atom stereocenters. The smallest absolute Gasteiger partial charge is 0.249 e. The number of hydrogen-bond donors (Lipinski definition) is 1. The molecule has 0 spiro atoms. The third-order valence-corrected chi connectivity index (χ3v) is 6.04. The lowest BCUT2D eigenvalue weighted by Gasteiger charge is -2.42. The Morgan fingerprint density at radius 1 is 1.26 bits per heavy atom. The predicted molar refractivity (Wildman–Crippen MR) is 75.9 cm³/mol. The fourth-order valence-corrected chi connectivity index (χ4v) is 4.34. The van der Waals surface area contributed by atoms with E-state index >= 15 is 0 Å². The minimum Gasteiger partial charge on any atom is -0.340 e. The molecule has 3 fully saturated rings. The lowest BCUT2D eigenvalue weighted by atomic mass is 9.90. The molecule has 2 aliphatic carbocycles. The predicted octanol–water partition coefficient (Wildman–Crippen LogP) is 1.40. The molecule has 0 aromatic heterocycles. The van der Waals surface area contributed by atoms with Gasteiger partial charge in [-0.15, -0.1) is 0 Å². The van der Waals surface area contributed by atoms with Crippen LogP contribution in [0.2, 0.25) is 0 Å². The van der Waals surface area contributed by atoms with E-state index in [0.717, 1.165) is 32.1 Å². The van der Waals surface area contributed by atoms with Crippen molar-refractivity contribution in [2.75, 3.05) is 12.8 Å². The number of carbonyl (C=O) groups excluding carboxylic acids is 2. The number of nitrogens with one attached hydrogen (secondary N) is 1. The molecule has 1 aliphatic heterocycles. The summed E-state index contributed by atoms with van der Waals surface area (Å²) in [5.74, 6) is 0.521. The maximum Gasteiger partial charge on any atom is 0.249 e. The summed E-state index contributed by atoms with van der Waals surface area (Å²) in [6, 6.07) is 0.272. The maximum atomic E-state index is 12.8. The molecule has 3 aliphatic rings. The fraction of sp³-hybridized carbons (Fsp3) is 0.857. The highest BCUT2D eigenvalue weighted by Crippen LogP contribution is 2.43. The van der Waals surface area contributed by atoms with Crippen LogP contribution in [0.3, 0.4) is 0 Å². The van der Waals surface area contributed by atoms with E-state index in [2.05, 4.69) is 11.6 Å². The number of thioether (sulfide) groups is 1. The second-order valence-electron chi connectivity index (χ2n) is 6.28. The lowest BCUT2D eigenvalue weighted by Crippen LogP contribution is -2.67. The topological polar surface area (TPSA) is 49.4 Å². The van der Waals surface area contributed by atoms with Gasteiger partial charge in [0.25, 0.3) is 0 Å². The highest BCUT2D eigenvalue weighted by atomic mass is 32.2. The second kappa shape index (κ2) is 4.69. The van der Waals surface area contributed by atoms with Gasteiger partial charge in [0, 0.05) is 11.3 Å². The molecule has 0 bridgehead atoms. The first-order valence-electron chi connectivity index (χ1n) is 7.19. The van der Waals surface area contributed by atoms with Crippen molar-refractivity contribution >= 4 is 23.6 Å². The van der Waals surface area contributed by atoms with Crippen molar-refractivity contribution in [3.05, 3.63) is 0 Å². The number of rotatable bonds is 3. The van der Waals surface area contributed by atoms with Crippen LogP contribution in [0.15, 0.2) is 0 Å². The molecule has 19 heavy (non-hydrogen) atoms. The van der Waals surface area contributed by atoms with Gasteiger partial charge in [-0.05, 0) is 51.2 Å². The normalized spacial score (nSPS) is 39.6. The Morgan fingerprint density at radius 2 is 2.00 bits per heavy atom. The average molecular weight is 282 g/mol. The van der Waals surface area contributed by atoms with Crippen LogP contribution in [0.1, 0.15) is 39.0 Å². The summed E-state index contributed by atoms with van der Waals surface area (Å²) in [6.45, 7) is 2.17. The summed E-state index contributed by atoms with van der Waals surface area (Å²) >= 11 is 1.88. The van der Waals surface area contributed by atoms with Gasteiger partial charge in [0.1, 0.15) is 5.54 Å². The number of amides is 2. The van der Waals surface area contributed by atoms with Crippen LogP contribution in [0.25, 0.3) is 0 Å². The maximum absolute atomic E-state index is 12.8. The van der Waals surface area contributed by atoms with E-state index in [1.54, 1.807) is 0 Å². The Hall–Kier alpha value is -0.710. The number of hydrogen-bond acceptors (Lipinski definition) is 3. The van der Waals surface area contributed by atoms with E-state index in [-0.39, 0.29) is 24.4 Å². The number of piperazine rings is 1. The van der Waals surface area contributed by atoms with Gasteiger partial charge in [-0.1, -0.05) is 0 Å². The van der Waals surface area contributed by atoms with Crippen molar-refractivity contribution in [1.82, 2.24) is 10.2 Å². The first kappa shape index (κ1) is 13.3. The number of nitrogens with zero attached hydrogens (tertiary/aromatic N) is 1. The zero-order chi connectivity index (χ0) is 13.6. The molecule has 2 amide bonds. The number of carbonyl (C=O) groups is 2. The van der Waals surface area contributed by atoms with Gasteiger partial charge in [0.15, 0.2) is 0 Å². The molecule has 3 atom stereocenters. The second-order valence-corrected chi connectivity index (χ2v) is 7.42. The Morgan fingerprint density at radius 3 is 2.58 bits per heavy atom. The SMILES string of the molecule is CSC1CCC(N2CC(=O)NC(C)(C3CC3)C2=O)C1. The molecular weight excluding hydrogens is 260 g/mol. The van der Waals surface area contributed by atoms with E-state index in [0.29, 0.717) is 11.2 Å². The Balaban J connectivity index is 1.77. The van der Waals surface area contributed by atoms with Crippen molar-refractivity contribution < 1.29 is 9.59 Å². The molecule has 1 heterocycles. The molecule has 0 radical (unpaired) electrons. The standard InChI is InChI=1S/C14H22N2O2S/c1-14(9-3-4-9)13(18)16(8-12(17)15-14)10-5-6-11(7-10)19-2/h9-11H,3-8H2,1-2H3,(H,15,17). The highest BCUT2D eigenvalue weighted by molar-refractivity contribution is 7.99. The third kappa shape index (κ3) is 2.26. The Bertz CT molecular complexity index is 410. The van der Waals surface area contributed by atoms with Crippen molar-refractivity contribution in [1.29, 1.82) is 0 Å². The molecule has 1 N–H and O–H groups in total. The van der Waals surface area contributed by atoms with Crippen LogP contribution < -0.4 is 5.32 Å². The minimum atomic E-state index is -0.632. The van der Waals surface area contributed by atoms with Crippen molar-refractivity contribution in [3.8, 4) is 0 Å². The van der Waals surface area contributed by atoms with Gasteiger partial charge in [0.05, 0.1) is 6.54 Å². The third-order valence-electron chi connectivity index (χ3n) is 4.94. The molecule has 1 saturated heterocycles. The zero-order valence-corrected chi connectivity index (χ0v) is 12.5. The van der Waals surface area contributed by atoms with E-state index in [4.69, 9.17) is 0 Å². The van der Waals surface area contributed by atoms with Crippen LogP contribution in [0.5, 0.6) is 0 Å². The van der Waals surface area contributed by atoms with E-state index < -0.39 is 5.54 Å². The largest absolute Gasteiger partial charge is 0.340 e. The summed E-state index contributed by atoms with van der Waals surface area (Å²) in [5.41, 5.74) is -0.632. The first-order chi connectivity index (χ1) is 9.04. The van der Waals surface area contributed by atoms with Crippen LogP contribution in [0.4, 0.5) is 0 Å². The van der Waals surface area contributed by atoms with E-state index in [1.807, 2.05) is 23.6 Å². The Kier molecular flexibility index (Phi) is 3.28. The monoisotopic (exact) mass is 282 g/mol. The fourth-order valence-electron chi connectivity index (χ4n) is 3.55. The van der Waals surface area contributed by atoms with Gasteiger partial charge in [-0.2, -0.15) is 11.8 Å². The first-order valence-corrected chi connectivity index (χ1v) is 8.48. The van der Waals surface area contributed by atoms with Gasteiger partial charge in [-0.25, -0.2) is 0 Å². The Labute approximate surface area is 118 Å². The summed E-state index contributed by atoms with van der Waals surface area (Å²) < 4.78 is 0. The van der Waals surface area contributed by atoms with Crippen LogP contribution in [-0.2, 0) is 9.59 Å². The molecule has 4 nitrogen and oxygen atoms in total. The minimum absolute atomic E-state index is 0.0154. The van der Waals surface area contributed by atoms with E-state index in [9.17, 15) is 9.59 Å². The molecule has 0 aromatic rings. The van der Waals surface area contributed by atoms with E-state index in [1.165, 1.54) is 0 Å². The summed E-state index contributed by atoms with van der Waals surface area (Å²) in [7, 11) is 0. The molecular formula is C14H22N2O2S. The van der Waals surface area contributed by atoms with Gasteiger partial charge in [0.2, 0.25) is 11.8 Å². The van der Waals surface area contributed by atoms with Crippen LogP contribution in [0, 0.1) is 5.92 Å². The van der Waals surface area contributed by atoms with Gasteiger partial charge >= 0.3 is 0 Å². The molecule has 2 saturated carbocycles. The van der Waals surface area contributed by atoms with Crippen LogP contribution in [-0.4, -0.2) is 46.3 Å². The molecule has 3 rings (SSSR count). The average Bonchev–Trinajstić information content (AvgIpc) is 3.13. The van der Waals surface area contributed by atoms with Gasteiger partial charge in [-0.3, -0.25) is 9.59 Å². The summed E-state index contributed by atoms with van der Waals surface area (Å²) in [6.07, 6.45) is 7.51. The van der Waals surface area contributed by atoms with Crippen molar-refractivity contribution in [2.45, 2.75) is 55.9 Å². The van der Waals surface area contributed by atoms with Crippen molar-refractivity contribution in [3.63, 3.8) is 0 Å².